The minimum absolute atomic E-state index is 0.111. The van der Waals surface area contributed by atoms with Gasteiger partial charge >= 0.3 is 5.97 Å². The van der Waals surface area contributed by atoms with E-state index < -0.39 is 12.1 Å². The largest absolute Gasteiger partial charge is 0.481 e. The van der Waals surface area contributed by atoms with E-state index in [1.54, 1.807) is 18.2 Å². The molecule has 0 fully saturated rings. The van der Waals surface area contributed by atoms with Gasteiger partial charge in [0.2, 0.25) is 5.91 Å². The molecule has 0 bridgehead atoms. The first-order valence-electron chi connectivity index (χ1n) is 12.0. The average Bonchev–Trinajstić information content (AvgIpc) is 3.36. The molecular formula is C25H28Cl2N4O4S2. The second-order valence-corrected chi connectivity index (χ2v) is 11.4. The van der Waals surface area contributed by atoms with Gasteiger partial charge in [-0.25, -0.2) is 4.79 Å². The van der Waals surface area contributed by atoms with Gasteiger partial charge in [0.05, 0.1) is 23.4 Å². The third-order valence-corrected chi connectivity index (χ3v) is 8.72. The van der Waals surface area contributed by atoms with Gasteiger partial charge in [0.15, 0.2) is 17.1 Å². The Labute approximate surface area is 234 Å². The zero-order valence-corrected chi connectivity index (χ0v) is 24.0. The molecular weight excluding hydrogens is 555 g/mol. The van der Waals surface area contributed by atoms with Crippen molar-refractivity contribution in [3.05, 3.63) is 50.1 Å². The lowest BCUT2D eigenvalue weighted by Crippen LogP contribution is -2.17. The molecule has 0 radical (unpaired) electrons. The Morgan fingerprint density at radius 2 is 2.00 bits per heavy atom. The smallest absolute Gasteiger partial charge is 0.341 e. The molecule has 2 heterocycles. The number of fused-ring (bicyclic) bond motifs is 1. The maximum atomic E-state index is 12.9. The zero-order valence-electron chi connectivity index (χ0n) is 20.8. The monoisotopic (exact) mass is 582 g/mol. The number of amides is 1. The van der Waals surface area contributed by atoms with E-state index in [4.69, 9.17) is 32.7 Å². The third kappa shape index (κ3) is 6.42. The molecule has 0 aliphatic heterocycles. The summed E-state index contributed by atoms with van der Waals surface area (Å²) < 4.78 is 12.9. The number of methoxy groups -OCH3 is 1. The fraction of sp³-hybridized carbons (Fsp3) is 0.440. The lowest BCUT2D eigenvalue weighted by atomic mass is 10.1. The van der Waals surface area contributed by atoms with Crippen molar-refractivity contribution in [3.63, 3.8) is 0 Å². The summed E-state index contributed by atoms with van der Waals surface area (Å²) in [7, 11) is 1.37. The number of carbonyl (C=O) groups excluding carboxylic acids is 2. The maximum Gasteiger partial charge on any atom is 0.341 e. The molecule has 0 spiro atoms. The molecule has 37 heavy (non-hydrogen) atoms. The molecule has 1 aromatic carbocycles. The first kappa shape index (κ1) is 27.8. The average molecular weight is 584 g/mol. The highest BCUT2D eigenvalue weighted by atomic mass is 35.5. The number of thioether (sulfide) groups is 1. The quantitative estimate of drug-likeness (QED) is 0.172. The molecule has 1 amide bonds. The number of halogens is 2. The van der Waals surface area contributed by atoms with Gasteiger partial charge in [-0.1, -0.05) is 41.4 Å². The second-order valence-electron chi connectivity index (χ2n) is 8.52. The summed E-state index contributed by atoms with van der Waals surface area (Å²) in [4.78, 5) is 26.6. The number of ether oxygens (including phenoxy) is 2. The number of thiophene rings is 1. The Kier molecular flexibility index (Phi) is 9.39. The summed E-state index contributed by atoms with van der Waals surface area (Å²) in [6.45, 7) is 4.43. The van der Waals surface area contributed by atoms with Crippen LogP contribution in [0.5, 0.6) is 5.75 Å². The summed E-state index contributed by atoms with van der Waals surface area (Å²) in [6, 6.07) is 5.03. The Morgan fingerprint density at radius 3 is 2.73 bits per heavy atom. The number of carbonyl (C=O) groups is 2. The number of benzene rings is 1. The molecule has 1 atom stereocenters. The molecule has 0 saturated heterocycles. The number of aryl methyl sites for hydroxylation is 1. The van der Waals surface area contributed by atoms with Crippen molar-refractivity contribution in [2.24, 2.45) is 0 Å². The number of hydrogen-bond donors (Lipinski definition) is 1. The summed E-state index contributed by atoms with van der Waals surface area (Å²) in [5.74, 6) is 0.586. The predicted molar refractivity (Wildman–Crippen MR) is 147 cm³/mol. The molecule has 12 heteroatoms. The first-order chi connectivity index (χ1) is 17.8. The Bertz CT molecular complexity index is 1290. The van der Waals surface area contributed by atoms with Crippen LogP contribution in [0.15, 0.2) is 23.4 Å². The van der Waals surface area contributed by atoms with Crippen LogP contribution in [0.25, 0.3) is 0 Å². The summed E-state index contributed by atoms with van der Waals surface area (Å²) in [5.41, 5.74) is 1.51. The van der Waals surface area contributed by atoms with E-state index in [1.165, 1.54) is 30.2 Å². The number of esters is 1. The number of aromatic nitrogens is 3. The van der Waals surface area contributed by atoms with Crippen LogP contribution in [0, 0.1) is 0 Å². The summed E-state index contributed by atoms with van der Waals surface area (Å²) in [5, 5.41) is 13.6. The molecule has 8 nitrogen and oxygen atoms in total. The number of nitrogens with one attached hydrogen (secondary N) is 1. The van der Waals surface area contributed by atoms with Crippen molar-refractivity contribution in [2.45, 2.75) is 63.8 Å². The van der Waals surface area contributed by atoms with Crippen LogP contribution in [0.2, 0.25) is 10.0 Å². The molecule has 4 rings (SSSR count). The van der Waals surface area contributed by atoms with Crippen molar-refractivity contribution < 1.29 is 19.1 Å². The van der Waals surface area contributed by atoms with Gasteiger partial charge in [-0.15, -0.1) is 21.5 Å². The van der Waals surface area contributed by atoms with Crippen molar-refractivity contribution in [2.75, 3.05) is 18.2 Å². The highest BCUT2D eigenvalue weighted by molar-refractivity contribution is 7.99. The van der Waals surface area contributed by atoms with E-state index in [9.17, 15) is 9.59 Å². The van der Waals surface area contributed by atoms with Crippen LogP contribution in [0.4, 0.5) is 5.00 Å². The standard InChI is InChI=1S/C25H28Cl2N4O4S2/c1-4-31-22(14(2)35-18-11-10-15(26)12-17(18)27)29-30-25(31)36-13-20(32)28-23-21(24(33)34-3)16-8-6-5-7-9-19(16)37-23/h10-12,14H,4-9,13H2,1-3H3,(H,28,32). The highest BCUT2D eigenvalue weighted by Crippen LogP contribution is 2.38. The van der Waals surface area contributed by atoms with Gasteiger partial charge in [0.1, 0.15) is 10.8 Å². The Hall–Kier alpha value is -2.27. The molecule has 3 aromatic rings. The normalized spacial score (nSPS) is 14.0. The molecule has 1 aliphatic rings. The summed E-state index contributed by atoms with van der Waals surface area (Å²) in [6.07, 6.45) is 4.55. The second kappa shape index (κ2) is 12.5. The number of hydrogen-bond acceptors (Lipinski definition) is 8. The van der Waals surface area contributed by atoms with Crippen molar-refractivity contribution in [3.8, 4) is 5.75 Å². The van der Waals surface area contributed by atoms with E-state index in [0.717, 1.165) is 42.5 Å². The fourth-order valence-electron chi connectivity index (χ4n) is 4.26. The van der Waals surface area contributed by atoms with Gasteiger partial charge in [-0.05, 0) is 63.3 Å². The van der Waals surface area contributed by atoms with Crippen LogP contribution in [-0.2, 0) is 28.9 Å². The molecule has 1 N–H and O–H groups in total. The maximum absolute atomic E-state index is 12.9. The van der Waals surface area contributed by atoms with Gasteiger partial charge in [0, 0.05) is 16.4 Å². The molecule has 0 saturated carbocycles. The van der Waals surface area contributed by atoms with E-state index in [0.29, 0.717) is 43.9 Å². The third-order valence-electron chi connectivity index (χ3n) is 6.02. The van der Waals surface area contributed by atoms with Gasteiger partial charge in [0.25, 0.3) is 0 Å². The Morgan fingerprint density at radius 1 is 1.22 bits per heavy atom. The van der Waals surface area contributed by atoms with E-state index >= 15 is 0 Å². The minimum atomic E-state index is -0.432. The molecule has 2 aromatic heterocycles. The number of rotatable bonds is 9. The van der Waals surface area contributed by atoms with Crippen LogP contribution < -0.4 is 10.1 Å². The summed E-state index contributed by atoms with van der Waals surface area (Å²) >= 11 is 15.0. The lowest BCUT2D eigenvalue weighted by molar-refractivity contribution is -0.113. The lowest BCUT2D eigenvalue weighted by Gasteiger charge is -2.16. The van der Waals surface area contributed by atoms with E-state index in [-0.39, 0.29) is 11.7 Å². The van der Waals surface area contributed by atoms with Crippen molar-refractivity contribution >= 4 is 63.2 Å². The first-order valence-corrected chi connectivity index (χ1v) is 14.6. The van der Waals surface area contributed by atoms with Crippen molar-refractivity contribution in [1.29, 1.82) is 0 Å². The molecule has 1 unspecified atom stereocenters. The van der Waals surface area contributed by atoms with Crippen molar-refractivity contribution in [1.82, 2.24) is 14.8 Å². The number of anilines is 1. The van der Waals surface area contributed by atoms with Gasteiger partial charge in [-0.2, -0.15) is 0 Å². The van der Waals surface area contributed by atoms with Crippen LogP contribution in [0.1, 0.15) is 65.8 Å². The Balaban J connectivity index is 1.44. The van der Waals surface area contributed by atoms with E-state index in [2.05, 4.69) is 15.5 Å². The topological polar surface area (TPSA) is 95.3 Å². The van der Waals surface area contributed by atoms with Gasteiger partial charge in [-0.3, -0.25) is 4.79 Å². The highest BCUT2D eigenvalue weighted by Gasteiger charge is 2.27. The molecule has 198 valence electrons. The number of nitrogens with zero attached hydrogens (tertiary/aromatic N) is 3. The van der Waals surface area contributed by atoms with Gasteiger partial charge < -0.3 is 19.4 Å². The molecule has 1 aliphatic carbocycles. The van der Waals surface area contributed by atoms with E-state index in [1.807, 2.05) is 18.4 Å². The minimum Gasteiger partial charge on any atom is -0.481 e. The van der Waals surface area contributed by atoms with Crippen LogP contribution >= 0.6 is 46.3 Å². The zero-order chi connectivity index (χ0) is 26.5. The van der Waals surface area contributed by atoms with Crippen LogP contribution in [-0.4, -0.2) is 39.5 Å². The SMILES string of the molecule is CCn1c(SCC(=O)Nc2sc3c(c2C(=O)OC)CCCCC3)nnc1C(C)Oc1ccc(Cl)cc1Cl. The fourth-order valence-corrected chi connectivity index (χ4v) is 6.82. The van der Waals surface area contributed by atoms with Crippen LogP contribution in [0.3, 0.4) is 0 Å². The predicted octanol–water partition coefficient (Wildman–Crippen LogP) is 6.59.